The Kier molecular flexibility index (Phi) is 3.96. The molecule has 142 valence electrons. The van der Waals surface area contributed by atoms with E-state index in [-0.39, 0.29) is 30.3 Å². The van der Waals surface area contributed by atoms with E-state index in [1.165, 1.54) is 12.1 Å². The van der Waals surface area contributed by atoms with E-state index in [1.807, 2.05) is 18.2 Å². The zero-order valence-electron chi connectivity index (χ0n) is 14.8. The van der Waals surface area contributed by atoms with Gasteiger partial charge in [-0.3, -0.25) is 4.79 Å². The monoisotopic (exact) mass is 381 g/mol. The van der Waals surface area contributed by atoms with Gasteiger partial charge >= 0.3 is 0 Å². The maximum Gasteiger partial charge on any atom is 0.258 e. The van der Waals surface area contributed by atoms with Crippen molar-refractivity contribution in [3.63, 3.8) is 0 Å². The number of carbonyl (C=O) groups excluding carboxylic acids is 1. The molecule has 0 spiro atoms. The van der Waals surface area contributed by atoms with Crippen molar-refractivity contribution in [2.24, 2.45) is 0 Å². The number of fused-ring (bicyclic) bond motifs is 1. The molecule has 3 heterocycles. The fourth-order valence-corrected chi connectivity index (χ4v) is 3.50. The minimum absolute atomic E-state index is 0.0276. The Hall–Kier alpha value is -3.42. The molecule has 0 N–H and O–H groups in total. The molecule has 1 aromatic heterocycles. The summed E-state index contributed by atoms with van der Waals surface area (Å²) in [4.78, 5) is 18.6. The Morgan fingerprint density at radius 3 is 2.93 bits per heavy atom. The maximum absolute atomic E-state index is 13.4. The highest BCUT2D eigenvalue weighted by molar-refractivity contribution is 5.79. The van der Waals surface area contributed by atoms with Crippen molar-refractivity contribution in [3.8, 4) is 23.0 Å². The molecule has 0 radical (unpaired) electrons. The molecule has 2 aromatic carbocycles. The first-order valence-electron chi connectivity index (χ1n) is 8.91. The molecule has 0 aliphatic carbocycles. The van der Waals surface area contributed by atoms with Crippen LogP contribution in [0.5, 0.6) is 11.5 Å². The van der Waals surface area contributed by atoms with Crippen LogP contribution in [0.15, 0.2) is 47.0 Å². The van der Waals surface area contributed by atoms with Gasteiger partial charge < -0.3 is 18.9 Å². The number of likely N-dealkylation sites (tertiary alicyclic amines) is 1. The fraction of sp³-hybridized carbons (Fsp3) is 0.250. The lowest BCUT2D eigenvalue weighted by Gasteiger charge is -2.16. The number of hydrogen-bond acceptors (Lipinski definition) is 6. The number of benzene rings is 2. The average molecular weight is 381 g/mol. The molecule has 28 heavy (non-hydrogen) atoms. The average Bonchev–Trinajstić information content (AvgIpc) is 3.42. The number of carbonyl (C=O) groups is 1. The molecule has 0 saturated carbocycles. The van der Waals surface area contributed by atoms with Crippen molar-refractivity contribution in [1.82, 2.24) is 15.0 Å². The van der Waals surface area contributed by atoms with Crippen molar-refractivity contribution in [2.75, 3.05) is 13.3 Å². The highest BCUT2D eigenvalue weighted by atomic mass is 19.1. The summed E-state index contributed by atoms with van der Waals surface area (Å²) < 4.78 is 29.4. The first-order chi connectivity index (χ1) is 13.7. The largest absolute Gasteiger partial charge is 0.454 e. The molecule has 1 amide bonds. The van der Waals surface area contributed by atoms with Crippen LogP contribution in [-0.2, 0) is 11.3 Å². The van der Waals surface area contributed by atoms with E-state index in [2.05, 4.69) is 10.1 Å². The van der Waals surface area contributed by atoms with E-state index in [9.17, 15) is 9.18 Å². The summed E-state index contributed by atoms with van der Waals surface area (Å²) in [5, 5.41) is 4.00. The smallest absolute Gasteiger partial charge is 0.258 e. The van der Waals surface area contributed by atoms with Crippen molar-refractivity contribution < 1.29 is 23.2 Å². The van der Waals surface area contributed by atoms with Crippen molar-refractivity contribution in [2.45, 2.75) is 18.9 Å². The van der Waals surface area contributed by atoms with Gasteiger partial charge in [-0.25, -0.2) is 4.39 Å². The van der Waals surface area contributed by atoms with E-state index in [1.54, 1.807) is 17.0 Å². The Balaban J connectivity index is 1.30. The van der Waals surface area contributed by atoms with Crippen LogP contribution in [0.1, 0.15) is 23.7 Å². The van der Waals surface area contributed by atoms with Crippen LogP contribution in [0.2, 0.25) is 0 Å². The highest BCUT2D eigenvalue weighted by Crippen LogP contribution is 2.34. The lowest BCUT2D eigenvalue weighted by Crippen LogP contribution is -2.24. The van der Waals surface area contributed by atoms with Gasteiger partial charge in [-0.1, -0.05) is 17.3 Å². The second-order valence-corrected chi connectivity index (χ2v) is 6.83. The summed E-state index contributed by atoms with van der Waals surface area (Å²) in [6.45, 7) is 1.19. The first kappa shape index (κ1) is 16.7. The zero-order valence-corrected chi connectivity index (χ0v) is 14.8. The number of halogens is 1. The molecule has 2 aliphatic rings. The number of aromatic nitrogens is 2. The number of ether oxygens (including phenoxy) is 2. The van der Waals surface area contributed by atoms with E-state index >= 15 is 0 Å². The molecule has 1 saturated heterocycles. The lowest BCUT2D eigenvalue weighted by molar-refractivity contribution is -0.128. The summed E-state index contributed by atoms with van der Waals surface area (Å²) in [7, 11) is 0. The van der Waals surface area contributed by atoms with E-state index in [0.29, 0.717) is 42.4 Å². The van der Waals surface area contributed by atoms with E-state index < -0.39 is 0 Å². The summed E-state index contributed by atoms with van der Waals surface area (Å²) in [5.41, 5.74) is 1.48. The summed E-state index contributed by atoms with van der Waals surface area (Å²) >= 11 is 0. The SMILES string of the molecule is O=C1CC(c2noc(-c3cccc(F)c3)n2)CN1Cc1ccc2c(c1)OCO2. The van der Waals surface area contributed by atoms with Crippen molar-refractivity contribution >= 4 is 5.91 Å². The van der Waals surface area contributed by atoms with Gasteiger partial charge in [0.05, 0.1) is 0 Å². The fourth-order valence-electron chi connectivity index (χ4n) is 3.50. The van der Waals surface area contributed by atoms with Crippen LogP contribution in [0.4, 0.5) is 4.39 Å². The molecule has 2 aliphatic heterocycles. The molecule has 7 nitrogen and oxygen atoms in total. The third-order valence-electron chi connectivity index (χ3n) is 4.90. The Morgan fingerprint density at radius 2 is 2.04 bits per heavy atom. The molecule has 1 unspecified atom stereocenters. The predicted molar refractivity (Wildman–Crippen MR) is 95.0 cm³/mol. The van der Waals surface area contributed by atoms with E-state index in [0.717, 1.165) is 5.56 Å². The van der Waals surface area contributed by atoms with Gasteiger partial charge in [-0.05, 0) is 35.9 Å². The zero-order chi connectivity index (χ0) is 19.1. The molecule has 1 fully saturated rings. The van der Waals surface area contributed by atoms with E-state index in [4.69, 9.17) is 14.0 Å². The number of rotatable bonds is 4. The first-order valence-corrected chi connectivity index (χ1v) is 8.91. The maximum atomic E-state index is 13.4. The topological polar surface area (TPSA) is 77.7 Å². The van der Waals surface area contributed by atoms with Gasteiger partial charge in [0.1, 0.15) is 5.82 Å². The molecule has 1 atom stereocenters. The molecular weight excluding hydrogens is 365 g/mol. The normalized spacial score (nSPS) is 18.1. The predicted octanol–water partition coefficient (Wildman–Crippen LogP) is 3.12. The summed E-state index contributed by atoms with van der Waals surface area (Å²) in [6, 6.07) is 11.6. The molecule has 5 rings (SSSR count). The van der Waals surface area contributed by atoms with Crippen LogP contribution in [0.25, 0.3) is 11.5 Å². The van der Waals surface area contributed by atoms with Crippen LogP contribution in [0, 0.1) is 5.82 Å². The van der Waals surface area contributed by atoms with Gasteiger partial charge in [-0.2, -0.15) is 4.98 Å². The van der Waals surface area contributed by atoms with Crippen LogP contribution < -0.4 is 9.47 Å². The van der Waals surface area contributed by atoms with Gasteiger partial charge in [0.15, 0.2) is 17.3 Å². The van der Waals surface area contributed by atoms with Gasteiger partial charge in [0.2, 0.25) is 12.7 Å². The minimum Gasteiger partial charge on any atom is -0.454 e. The van der Waals surface area contributed by atoms with Crippen LogP contribution in [0.3, 0.4) is 0 Å². The molecule has 3 aromatic rings. The van der Waals surface area contributed by atoms with Crippen LogP contribution >= 0.6 is 0 Å². The quantitative estimate of drug-likeness (QED) is 0.691. The van der Waals surface area contributed by atoms with Crippen molar-refractivity contribution in [3.05, 3.63) is 59.7 Å². The van der Waals surface area contributed by atoms with Crippen molar-refractivity contribution in [1.29, 1.82) is 0 Å². The summed E-state index contributed by atoms with van der Waals surface area (Å²) in [5.74, 6) is 1.61. The number of nitrogens with zero attached hydrogens (tertiary/aromatic N) is 3. The lowest BCUT2D eigenvalue weighted by atomic mass is 10.1. The molecule has 0 bridgehead atoms. The van der Waals surface area contributed by atoms with Gasteiger partial charge in [0.25, 0.3) is 5.89 Å². The standard InChI is InChI=1S/C20H16FN3O4/c21-15-3-1-2-13(7-15)20-22-19(23-28-20)14-8-18(25)24(10-14)9-12-4-5-16-17(6-12)27-11-26-16/h1-7,14H,8-11H2. The highest BCUT2D eigenvalue weighted by Gasteiger charge is 2.34. The Morgan fingerprint density at radius 1 is 1.14 bits per heavy atom. The molecule has 8 heteroatoms. The summed E-state index contributed by atoms with van der Waals surface area (Å²) in [6.07, 6.45) is 0.312. The second kappa shape index (κ2) is 6.63. The second-order valence-electron chi connectivity index (χ2n) is 6.83. The number of hydrogen-bond donors (Lipinski definition) is 0. The molecular formula is C20H16FN3O4. The van der Waals surface area contributed by atoms with Crippen LogP contribution in [-0.4, -0.2) is 34.3 Å². The number of amides is 1. The third kappa shape index (κ3) is 3.06. The minimum atomic E-state index is -0.372. The Bertz CT molecular complexity index is 1050. The van der Waals surface area contributed by atoms with Gasteiger partial charge in [0, 0.05) is 31.0 Å². The Labute approximate surface area is 159 Å². The third-order valence-corrected chi connectivity index (χ3v) is 4.90. The van der Waals surface area contributed by atoms with Gasteiger partial charge in [-0.15, -0.1) is 0 Å².